The van der Waals surface area contributed by atoms with Crippen LogP contribution in [-0.4, -0.2) is 19.9 Å². The Labute approximate surface area is 158 Å². The number of nitrogens with zero attached hydrogens (tertiary/aromatic N) is 2. The van der Waals surface area contributed by atoms with Crippen LogP contribution in [0.2, 0.25) is 0 Å². The van der Waals surface area contributed by atoms with Gasteiger partial charge in [-0.3, -0.25) is 0 Å². The molecule has 2 aliphatic heterocycles. The molecule has 8 bridgehead atoms. The second-order valence-electron chi connectivity index (χ2n) is 5.91. The van der Waals surface area contributed by atoms with Crippen molar-refractivity contribution in [2.45, 2.75) is 0 Å². The Morgan fingerprint density at radius 2 is 0.760 bits per heavy atom. The van der Waals surface area contributed by atoms with Gasteiger partial charge < -0.3 is 9.97 Å². The van der Waals surface area contributed by atoms with Gasteiger partial charge in [0.2, 0.25) is 0 Å². The summed E-state index contributed by atoms with van der Waals surface area (Å²) in [6.07, 6.45) is 8.09. The molecule has 3 aromatic heterocycles. The van der Waals surface area contributed by atoms with Crippen molar-refractivity contribution in [1.29, 1.82) is 0 Å². The van der Waals surface area contributed by atoms with Gasteiger partial charge in [-0.15, -0.1) is 0 Å². The van der Waals surface area contributed by atoms with E-state index in [1.807, 2.05) is 48.6 Å². The first-order valence-corrected chi connectivity index (χ1v) is 7.85. The van der Waals surface area contributed by atoms with E-state index in [0.29, 0.717) is 0 Å². The van der Waals surface area contributed by atoms with Gasteiger partial charge in [0.25, 0.3) is 0 Å². The van der Waals surface area contributed by atoms with Crippen molar-refractivity contribution < 1.29 is 21.1 Å². The van der Waals surface area contributed by atoms with Gasteiger partial charge in [0.05, 0.1) is 22.8 Å². The summed E-state index contributed by atoms with van der Waals surface area (Å²) in [5.41, 5.74) is 7.86. The topological polar surface area (TPSA) is 57.4 Å². The van der Waals surface area contributed by atoms with Crippen molar-refractivity contribution in [2.75, 3.05) is 0 Å². The molecule has 5 rings (SSSR count). The minimum Gasteiger partial charge on any atom is -0.355 e. The quantitative estimate of drug-likeness (QED) is 0.322. The fourth-order valence-electron chi connectivity index (χ4n) is 2.94. The minimum atomic E-state index is 0. The van der Waals surface area contributed by atoms with Crippen molar-refractivity contribution in [3.8, 4) is 0 Å². The third-order valence-corrected chi connectivity index (χ3v) is 4.04. The Hall–Kier alpha value is -2.71. The first kappa shape index (κ1) is 15.8. The van der Waals surface area contributed by atoms with Crippen LogP contribution in [-0.2, 0) is 21.1 Å². The van der Waals surface area contributed by atoms with Crippen molar-refractivity contribution in [3.05, 3.63) is 71.3 Å². The van der Waals surface area contributed by atoms with Crippen LogP contribution >= 0.6 is 0 Å². The summed E-state index contributed by atoms with van der Waals surface area (Å²) in [5, 5.41) is 0. The molecule has 0 aromatic carbocycles. The first-order chi connectivity index (χ1) is 11.8. The normalized spacial score (nSPS) is 12.2. The molecule has 124 valence electrons. The molecule has 4 nitrogen and oxygen atoms in total. The van der Waals surface area contributed by atoms with Crippen LogP contribution in [0.3, 0.4) is 0 Å². The van der Waals surface area contributed by atoms with Crippen LogP contribution in [0.4, 0.5) is 0 Å². The average Bonchev–Trinajstić information content (AvgIpc) is 3.32. The molecule has 0 amide bonds. The van der Waals surface area contributed by atoms with Crippen LogP contribution in [0.5, 0.6) is 0 Å². The van der Waals surface area contributed by atoms with Crippen LogP contribution in [0, 0.1) is 0 Å². The molecule has 25 heavy (non-hydrogen) atoms. The molecule has 2 N–H and O–H groups in total. The Morgan fingerprint density at radius 3 is 1.04 bits per heavy atom. The standard InChI is InChI=1S/C20H14N4.Pt/c1-2-14-10-16-5-6-18(23-16)12-20-8-7-19(24-20)11-17-4-3-15(22-17)9-13(1)21-14;/h1-12,21,24H;. The Balaban J connectivity index is 0.00000157. The monoisotopic (exact) mass is 505 g/mol. The van der Waals surface area contributed by atoms with Gasteiger partial charge >= 0.3 is 0 Å². The number of aromatic nitrogens is 4. The van der Waals surface area contributed by atoms with Gasteiger partial charge in [0.1, 0.15) is 0 Å². The number of H-pyrrole nitrogens is 2. The van der Waals surface area contributed by atoms with Crippen LogP contribution in [0.25, 0.3) is 46.4 Å². The zero-order chi connectivity index (χ0) is 15.9. The maximum atomic E-state index is 4.63. The molecule has 0 atom stereocenters. The van der Waals surface area contributed by atoms with Crippen LogP contribution < -0.4 is 0 Å². The van der Waals surface area contributed by atoms with E-state index in [1.165, 1.54) is 0 Å². The molecule has 0 saturated heterocycles. The number of rotatable bonds is 0. The molecule has 0 spiro atoms. The van der Waals surface area contributed by atoms with Crippen molar-refractivity contribution >= 4 is 46.4 Å². The first-order valence-electron chi connectivity index (χ1n) is 7.85. The predicted octanol–water partition coefficient (Wildman–Crippen LogP) is 4.65. The summed E-state index contributed by atoms with van der Waals surface area (Å²) in [6.45, 7) is 0. The molecule has 0 saturated carbocycles. The van der Waals surface area contributed by atoms with E-state index in [-0.39, 0.29) is 21.1 Å². The third kappa shape index (κ3) is 3.26. The van der Waals surface area contributed by atoms with E-state index in [1.54, 1.807) is 0 Å². The van der Waals surface area contributed by atoms with Crippen molar-refractivity contribution in [1.82, 2.24) is 19.9 Å². The molecule has 0 aliphatic carbocycles. The largest absolute Gasteiger partial charge is 0.355 e. The SMILES string of the molecule is C1=Cc2cc3ccc(cc4nc(cc5ccc(cc1n2)[nH]5)C=C4)[nH]3.[Pt]. The molecule has 5 heteroatoms. The van der Waals surface area contributed by atoms with E-state index in [4.69, 9.17) is 0 Å². The molecular formula is C20H14N4Pt. The number of fused-ring (bicyclic) bond motifs is 8. The van der Waals surface area contributed by atoms with Gasteiger partial charge in [-0.2, -0.15) is 0 Å². The van der Waals surface area contributed by atoms with Gasteiger partial charge in [-0.05, 0) is 72.8 Å². The molecule has 3 aromatic rings. The molecular weight excluding hydrogens is 491 g/mol. The summed E-state index contributed by atoms with van der Waals surface area (Å²) in [6, 6.07) is 16.4. The second-order valence-corrected chi connectivity index (χ2v) is 5.91. The van der Waals surface area contributed by atoms with Gasteiger partial charge in [-0.1, -0.05) is 0 Å². The van der Waals surface area contributed by atoms with E-state index in [2.05, 4.69) is 44.2 Å². The number of nitrogens with one attached hydrogen (secondary N) is 2. The summed E-state index contributed by atoms with van der Waals surface area (Å²) in [5.74, 6) is 0. The summed E-state index contributed by atoms with van der Waals surface area (Å²) in [4.78, 5) is 16.0. The second kappa shape index (κ2) is 6.30. The number of hydrogen-bond donors (Lipinski definition) is 2. The number of hydrogen-bond acceptors (Lipinski definition) is 2. The van der Waals surface area contributed by atoms with E-state index < -0.39 is 0 Å². The Morgan fingerprint density at radius 1 is 0.480 bits per heavy atom. The minimum absolute atomic E-state index is 0. The van der Waals surface area contributed by atoms with Gasteiger partial charge in [-0.25, -0.2) is 9.97 Å². The van der Waals surface area contributed by atoms with E-state index >= 15 is 0 Å². The van der Waals surface area contributed by atoms with E-state index in [0.717, 1.165) is 44.8 Å². The maximum absolute atomic E-state index is 4.63. The molecule has 0 fully saturated rings. The molecule has 0 unspecified atom stereocenters. The smallest absolute Gasteiger partial charge is 0.0658 e. The van der Waals surface area contributed by atoms with Crippen molar-refractivity contribution in [2.24, 2.45) is 0 Å². The number of aromatic amines is 2. The zero-order valence-corrected chi connectivity index (χ0v) is 15.4. The summed E-state index contributed by atoms with van der Waals surface area (Å²) >= 11 is 0. The van der Waals surface area contributed by atoms with Gasteiger partial charge in [0, 0.05) is 43.1 Å². The van der Waals surface area contributed by atoms with Gasteiger partial charge in [0.15, 0.2) is 0 Å². The van der Waals surface area contributed by atoms with Crippen LogP contribution in [0.1, 0.15) is 22.8 Å². The average molecular weight is 505 g/mol. The van der Waals surface area contributed by atoms with E-state index in [9.17, 15) is 0 Å². The third-order valence-electron chi connectivity index (χ3n) is 4.04. The fourth-order valence-corrected chi connectivity index (χ4v) is 2.94. The molecule has 2 aliphatic rings. The molecule has 0 radical (unpaired) electrons. The van der Waals surface area contributed by atoms with Crippen molar-refractivity contribution in [3.63, 3.8) is 0 Å². The Bertz CT molecular complexity index is 990. The molecule has 5 heterocycles. The predicted molar refractivity (Wildman–Crippen MR) is 98.9 cm³/mol. The summed E-state index contributed by atoms with van der Waals surface area (Å²) < 4.78 is 0. The Kier molecular flexibility index (Phi) is 3.98. The summed E-state index contributed by atoms with van der Waals surface area (Å²) in [7, 11) is 0. The maximum Gasteiger partial charge on any atom is 0.0658 e. The zero-order valence-electron chi connectivity index (χ0n) is 13.1. The fraction of sp³-hybridized carbons (Fsp3) is 0. The van der Waals surface area contributed by atoms with Crippen LogP contribution in [0.15, 0.2) is 48.5 Å².